The van der Waals surface area contributed by atoms with Gasteiger partial charge in [-0.2, -0.15) is 0 Å². The molecule has 0 saturated carbocycles. The Morgan fingerprint density at radius 1 is 1.12 bits per heavy atom. The first-order valence-corrected chi connectivity index (χ1v) is 8.02. The van der Waals surface area contributed by atoms with Crippen molar-refractivity contribution in [2.24, 2.45) is 0 Å². The van der Waals surface area contributed by atoms with Gasteiger partial charge in [0.1, 0.15) is 5.69 Å². The van der Waals surface area contributed by atoms with Gasteiger partial charge in [-0.3, -0.25) is 4.79 Å². The summed E-state index contributed by atoms with van der Waals surface area (Å²) < 4.78 is 0. The smallest absolute Gasteiger partial charge is 0.273 e. The van der Waals surface area contributed by atoms with Crippen LogP contribution in [-0.2, 0) is 13.0 Å². The van der Waals surface area contributed by atoms with Crippen molar-refractivity contribution >= 4 is 22.8 Å². The maximum Gasteiger partial charge on any atom is 0.273 e. The third-order valence-corrected chi connectivity index (χ3v) is 4.49. The van der Waals surface area contributed by atoms with E-state index in [1.807, 2.05) is 42.2 Å². The summed E-state index contributed by atoms with van der Waals surface area (Å²) in [5.74, 6) is 0.0429. The lowest BCUT2D eigenvalue weighted by Gasteiger charge is -2.28. The first kappa shape index (κ1) is 14.6. The molecule has 2 aromatic carbocycles. The van der Waals surface area contributed by atoms with Gasteiger partial charge in [0.2, 0.25) is 5.95 Å². The Kier molecular flexibility index (Phi) is 3.41. The molecule has 3 aromatic rings. The molecule has 0 unspecified atom stereocenters. The minimum atomic E-state index is -0.0887. The van der Waals surface area contributed by atoms with Crippen LogP contribution in [0.3, 0.4) is 0 Å². The molecule has 24 heavy (non-hydrogen) atoms. The molecule has 1 aliphatic rings. The van der Waals surface area contributed by atoms with Crippen molar-refractivity contribution in [3.8, 4) is 0 Å². The molecular weight excluding hydrogens is 300 g/mol. The van der Waals surface area contributed by atoms with Gasteiger partial charge in [-0.05, 0) is 36.6 Å². The molecule has 0 radical (unpaired) electrons. The van der Waals surface area contributed by atoms with E-state index in [0.29, 0.717) is 24.3 Å². The molecule has 4 rings (SSSR count). The molecule has 1 aliphatic heterocycles. The number of nitrogens with two attached hydrogens (primary N) is 1. The highest BCUT2D eigenvalue weighted by Gasteiger charge is 2.24. The summed E-state index contributed by atoms with van der Waals surface area (Å²) in [6.45, 7) is 3.28. The fraction of sp³-hybridized carbons (Fsp3) is 0.211. The molecule has 1 amide bonds. The molecule has 0 aliphatic carbocycles. The minimum absolute atomic E-state index is 0.0887. The Bertz CT molecular complexity index is 951. The van der Waals surface area contributed by atoms with Crippen LogP contribution in [0.5, 0.6) is 0 Å². The highest BCUT2D eigenvalue weighted by atomic mass is 16.2. The fourth-order valence-electron chi connectivity index (χ4n) is 3.24. The normalized spacial score (nSPS) is 13.8. The SMILES string of the molecule is Cc1ccc2nc(N)nc(C(=O)N3CCc4ccccc4C3)c2c1. The zero-order valence-electron chi connectivity index (χ0n) is 13.5. The van der Waals surface area contributed by atoms with Gasteiger partial charge < -0.3 is 10.6 Å². The van der Waals surface area contributed by atoms with Crippen molar-refractivity contribution in [3.05, 3.63) is 64.8 Å². The van der Waals surface area contributed by atoms with Crippen molar-refractivity contribution < 1.29 is 4.79 Å². The monoisotopic (exact) mass is 318 g/mol. The van der Waals surface area contributed by atoms with Crippen LogP contribution in [0.25, 0.3) is 10.9 Å². The number of benzene rings is 2. The highest BCUT2D eigenvalue weighted by Crippen LogP contribution is 2.24. The number of hydrogen-bond acceptors (Lipinski definition) is 4. The second-order valence-electron chi connectivity index (χ2n) is 6.20. The number of nitrogen functional groups attached to an aromatic ring is 1. The van der Waals surface area contributed by atoms with Gasteiger partial charge in [-0.1, -0.05) is 35.9 Å². The lowest BCUT2D eigenvalue weighted by atomic mass is 9.99. The van der Waals surface area contributed by atoms with Gasteiger partial charge in [-0.15, -0.1) is 0 Å². The van der Waals surface area contributed by atoms with Crippen LogP contribution in [0.1, 0.15) is 27.2 Å². The molecule has 5 nitrogen and oxygen atoms in total. The van der Waals surface area contributed by atoms with Gasteiger partial charge in [-0.25, -0.2) is 9.97 Å². The molecule has 2 heterocycles. The average Bonchev–Trinajstić information content (AvgIpc) is 2.60. The van der Waals surface area contributed by atoms with E-state index >= 15 is 0 Å². The summed E-state index contributed by atoms with van der Waals surface area (Å²) in [6, 6.07) is 14.0. The van der Waals surface area contributed by atoms with E-state index in [9.17, 15) is 4.79 Å². The molecular formula is C19H18N4O. The highest BCUT2D eigenvalue weighted by molar-refractivity contribution is 6.04. The Labute approximate surface area is 140 Å². The predicted octanol–water partition coefficient (Wildman–Crippen LogP) is 2.72. The molecule has 120 valence electrons. The van der Waals surface area contributed by atoms with Crippen LogP contribution in [0.4, 0.5) is 5.95 Å². The number of aromatic nitrogens is 2. The largest absolute Gasteiger partial charge is 0.368 e. The number of anilines is 1. The quantitative estimate of drug-likeness (QED) is 0.749. The Morgan fingerprint density at radius 2 is 1.92 bits per heavy atom. The summed E-state index contributed by atoms with van der Waals surface area (Å²) in [6.07, 6.45) is 0.861. The Morgan fingerprint density at radius 3 is 2.75 bits per heavy atom. The van der Waals surface area contributed by atoms with Crippen molar-refractivity contribution in [1.29, 1.82) is 0 Å². The first-order chi connectivity index (χ1) is 11.6. The number of fused-ring (bicyclic) bond motifs is 2. The zero-order valence-corrected chi connectivity index (χ0v) is 13.5. The molecule has 0 bridgehead atoms. The van der Waals surface area contributed by atoms with E-state index in [2.05, 4.69) is 22.1 Å². The van der Waals surface area contributed by atoms with Crippen molar-refractivity contribution in [2.75, 3.05) is 12.3 Å². The molecule has 0 saturated heterocycles. The summed E-state index contributed by atoms with van der Waals surface area (Å²) >= 11 is 0. The third kappa shape index (κ3) is 2.48. The van der Waals surface area contributed by atoms with Gasteiger partial charge >= 0.3 is 0 Å². The number of amides is 1. The Hall–Kier alpha value is -2.95. The van der Waals surface area contributed by atoms with Crippen molar-refractivity contribution in [2.45, 2.75) is 19.9 Å². The molecule has 0 fully saturated rings. The van der Waals surface area contributed by atoms with Crippen LogP contribution in [-0.4, -0.2) is 27.3 Å². The predicted molar refractivity (Wildman–Crippen MR) is 93.6 cm³/mol. The summed E-state index contributed by atoms with van der Waals surface area (Å²) in [5.41, 5.74) is 10.5. The van der Waals surface area contributed by atoms with Crippen LogP contribution < -0.4 is 5.73 Å². The first-order valence-electron chi connectivity index (χ1n) is 8.02. The number of carbonyl (C=O) groups is 1. The van der Waals surface area contributed by atoms with Crippen molar-refractivity contribution in [1.82, 2.24) is 14.9 Å². The summed E-state index contributed by atoms with van der Waals surface area (Å²) in [4.78, 5) is 23.4. The number of hydrogen-bond donors (Lipinski definition) is 1. The second kappa shape index (κ2) is 5.60. The topological polar surface area (TPSA) is 72.1 Å². The second-order valence-corrected chi connectivity index (χ2v) is 6.20. The van der Waals surface area contributed by atoms with E-state index < -0.39 is 0 Å². The Balaban J connectivity index is 1.75. The average molecular weight is 318 g/mol. The maximum atomic E-state index is 13.1. The summed E-state index contributed by atoms with van der Waals surface area (Å²) in [7, 11) is 0. The molecule has 0 atom stereocenters. The van der Waals surface area contributed by atoms with E-state index in [-0.39, 0.29) is 11.9 Å². The van der Waals surface area contributed by atoms with E-state index in [4.69, 9.17) is 5.73 Å². The number of nitrogens with zero attached hydrogens (tertiary/aromatic N) is 3. The van der Waals surface area contributed by atoms with Gasteiger partial charge in [0.25, 0.3) is 5.91 Å². The van der Waals surface area contributed by atoms with E-state index in [1.165, 1.54) is 11.1 Å². The molecule has 2 N–H and O–H groups in total. The van der Waals surface area contributed by atoms with E-state index in [1.54, 1.807) is 0 Å². The third-order valence-electron chi connectivity index (χ3n) is 4.49. The van der Waals surface area contributed by atoms with Crippen LogP contribution in [0, 0.1) is 6.92 Å². The molecule has 1 aromatic heterocycles. The minimum Gasteiger partial charge on any atom is -0.368 e. The zero-order chi connectivity index (χ0) is 16.7. The number of aryl methyl sites for hydroxylation is 1. The van der Waals surface area contributed by atoms with Gasteiger partial charge in [0.15, 0.2) is 0 Å². The van der Waals surface area contributed by atoms with Gasteiger partial charge in [0, 0.05) is 18.5 Å². The maximum absolute atomic E-state index is 13.1. The molecule has 5 heteroatoms. The summed E-state index contributed by atoms with van der Waals surface area (Å²) in [5, 5.41) is 0.757. The van der Waals surface area contributed by atoms with Gasteiger partial charge in [0.05, 0.1) is 5.52 Å². The lowest BCUT2D eigenvalue weighted by Crippen LogP contribution is -2.36. The molecule has 0 spiro atoms. The standard InChI is InChI=1S/C19H18N4O/c1-12-6-7-16-15(10-12)17(22-19(20)21-16)18(24)23-9-8-13-4-2-3-5-14(13)11-23/h2-7,10H,8-9,11H2,1H3,(H2,20,21,22). The number of rotatable bonds is 1. The fourth-order valence-corrected chi connectivity index (χ4v) is 3.24. The van der Waals surface area contributed by atoms with Crippen LogP contribution in [0.2, 0.25) is 0 Å². The van der Waals surface area contributed by atoms with Crippen molar-refractivity contribution in [3.63, 3.8) is 0 Å². The van der Waals surface area contributed by atoms with E-state index in [0.717, 1.165) is 17.4 Å². The number of carbonyl (C=O) groups excluding carboxylic acids is 1. The lowest BCUT2D eigenvalue weighted by molar-refractivity contribution is 0.0731. The van der Waals surface area contributed by atoms with Crippen LogP contribution in [0.15, 0.2) is 42.5 Å². The van der Waals surface area contributed by atoms with Crippen LogP contribution >= 0.6 is 0 Å².